The summed E-state index contributed by atoms with van der Waals surface area (Å²) in [4.78, 5) is 10.4. The van der Waals surface area contributed by atoms with Gasteiger partial charge in [0.15, 0.2) is 0 Å². The van der Waals surface area contributed by atoms with E-state index in [1.54, 1.807) is 0 Å². The molecule has 0 bridgehead atoms. The van der Waals surface area contributed by atoms with E-state index in [1.165, 1.54) is 18.2 Å². The molecule has 0 aliphatic rings. The van der Waals surface area contributed by atoms with Crippen molar-refractivity contribution in [3.8, 4) is 11.5 Å². The third-order valence-corrected chi connectivity index (χ3v) is 1.97. The number of phenolic OH excluding ortho intramolecular Hbond substituents is 1. The van der Waals surface area contributed by atoms with E-state index in [1.807, 2.05) is 20.8 Å². The fourth-order valence-corrected chi connectivity index (χ4v) is 1.29. The molecule has 0 amide bonds. The van der Waals surface area contributed by atoms with Crippen LogP contribution in [0.3, 0.4) is 0 Å². The van der Waals surface area contributed by atoms with Gasteiger partial charge in [0.05, 0.1) is 0 Å². The van der Waals surface area contributed by atoms with Crippen molar-refractivity contribution in [3.63, 3.8) is 0 Å². The van der Waals surface area contributed by atoms with E-state index in [0.717, 1.165) is 0 Å². The molecule has 0 aromatic heterocycles. The monoisotopic (exact) mass is 210 g/mol. The smallest absolute Gasteiger partial charge is 0.508 e. The first-order chi connectivity index (χ1) is 6.80. The van der Waals surface area contributed by atoms with Gasteiger partial charge in [0, 0.05) is 5.56 Å². The van der Waals surface area contributed by atoms with E-state index in [2.05, 4.69) is 4.74 Å². The first-order valence-corrected chi connectivity index (χ1v) is 4.55. The molecule has 0 aliphatic heterocycles. The van der Waals surface area contributed by atoms with Gasteiger partial charge in [-0.25, -0.2) is 4.79 Å². The van der Waals surface area contributed by atoms with Crippen LogP contribution >= 0.6 is 0 Å². The number of rotatable bonds is 1. The molecule has 0 unspecified atom stereocenters. The highest BCUT2D eigenvalue weighted by Crippen LogP contribution is 2.33. The van der Waals surface area contributed by atoms with Crippen LogP contribution < -0.4 is 4.74 Å². The number of benzene rings is 1. The van der Waals surface area contributed by atoms with E-state index in [4.69, 9.17) is 5.11 Å². The second-order valence-electron chi connectivity index (χ2n) is 4.30. The number of carbonyl (C=O) groups is 1. The molecule has 0 saturated heterocycles. The molecule has 0 saturated carbocycles. The molecule has 0 spiro atoms. The number of phenols is 1. The summed E-state index contributed by atoms with van der Waals surface area (Å²) in [5.74, 6) is 0.352. The number of hydrogen-bond donors (Lipinski definition) is 2. The van der Waals surface area contributed by atoms with Crippen LogP contribution in [0.1, 0.15) is 26.3 Å². The van der Waals surface area contributed by atoms with E-state index in [0.29, 0.717) is 5.56 Å². The zero-order valence-electron chi connectivity index (χ0n) is 8.94. The Morgan fingerprint density at radius 2 is 1.93 bits per heavy atom. The maximum Gasteiger partial charge on any atom is 0.511 e. The molecule has 1 aromatic rings. The highest BCUT2D eigenvalue weighted by Gasteiger charge is 2.20. The molecule has 0 aliphatic carbocycles. The van der Waals surface area contributed by atoms with Crippen LogP contribution in [0, 0.1) is 0 Å². The highest BCUT2D eigenvalue weighted by molar-refractivity contribution is 5.62. The first-order valence-electron chi connectivity index (χ1n) is 4.55. The van der Waals surface area contributed by atoms with Crippen molar-refractivity contribution < 1.29 is 19.7 Å². The summed E-state index contributed by atoms with van der Waals surface area (Å²) >= 11 is 0. The fourth-order valence-electron chi connectivity index (χ4n) is 1.29. The minimum absolute atomic E-state index is 0.0951. The lowest BCUT2D eigenvalue weighted by Crippen LogP contribution is -2.15. The average molecular weight is 210 g/mol. The van der Waals surface area contributed by atoms with Crippen molar-refractivity contribution in [2.45, 2.75) is 26.2 Å². The van der Waals surface area contributed by atoms with Gasteiger partial charge < -0.3 is 14.9 Å². The Hall–Kier alpha value is -1.71. The molecule has 0 heterocycles. The van der Waals surface area contributed by atoms with Crippen molar-refractivity contribution in [1.29, 1.82) is 0 Å². The van der Waals surface area contributed by atoms with Crippen molar-refractivity contribution >= 4 is 6.16 Å². The van der Waals surface area contributed by atoms with Crippen molar-refractivity contribution in [2.75, 3.05) is 0 Å². The fraction of sp³-hybridized carbons (Fsp3) is 0.364. The molecular weight excluding hydrogens is 196 g/mol. The minimum Gasteiger partial charge on any atom is -0.508 e. The number of hydrogen-bond acceptors (Lipinski definition) is 3. The predicted octanol–water partition coefficient (Wildman–Crippen LogP) is 2.75. The Morgan fingerprint density at radius 1 is 1.33 bits per heavy atom. The minimum atomic E-state index is -1.36. The Bertz CT molecular complexity index is 377. The van der Waals surface area contributed by atoms with Gasteiger partial charge in [0.2, 0.25) is 0 Å². The van der Waals surface area contributed by atoms with Crippen LogP contribution in [0.2, 0.25) is 0 Å². The molecule has 0 radical (unpaired) electrons. The zero-order valence-corrected chi connectivity index (χ0v) is 8.94. The summed E-state index contributed by atoms with van der Waals surface area (Å²) in [5.41, 5.74) is 0.369. The molecule has 0 fully saturated rings. The summed E-state index contributed by atoms with van der Waals surface area (Å²) in [6.45, 7) is 5.74. The van der Waals surface area contributed by atoms with Crippen LogP contribution in [0.25, 0.3) is 0 Å². The van der Waals surface area contributed by atoms with Gasteiger partial charge in [-0.15, -0.1) is 0 Å². The second-order valence-corrected chi connectivity index (χ2v) is 4.30. The van der Waals surface area contributed by atoms with Crippen molar-refractivity contribution in [1.82, 2.24) is 0 Å². The van der Waals surface area contributed by atoms with E-state index in [9.17, 15) is 9.90 Å². The van der Waals surface area contributed by atoms with Gasteiger partial charge in [-0.1, -0.05) is 20.8 Å². The molecule has 15 heavy (non-hydrogen) atoms. The number of carboxylic acid groups (broad SMARTS) is 1. The molecule has 0 atom stereocenters. The first kappa shape index (κ1) is 11.4. The lowest BCUT2D eigenvalue weighted by atomic mass is 9.86. The highest BCUT2D eigenvalue weighted by atomic mass is 16.7. The van der Waals surface area contributed by atoms with Crippen LogP contribution in [0.5, 0.6) is 11.5 Å². The Morgan fingerprint density at radius 3 is 2.40 bits per heavy atom. The standard InChI is InChI=1S/C11H14O4/c1-11(2,3)8-6-7(12)4-5-9(8)15-10(13)14/h4-6,12H,1-3H3,(H,13,14). The Labute approximate surface area is 88.1 Å². The normalized spacial score (nSPS) is 11.1. The maximum absolute atomic E-state index is 10.4. The van der Waals surface area contributed by atoms with Gasteiger partial charge in [0.25, 0.3) is 0 Å². The van der Waals surface area contributed by atoms with Crippen LogP contribution in [0.15, 0.2) is 18.2 Å². The third-order valence-electron chi connectivity index (χ3n) is 1.97. The molecular formula is C11H14O4. The quantitative estimate of drug-likeness (QED) is 0.552. The molecule has 4 heteroatoms. The molecule has 82 valence electrons. The largest absolute Gasteiger partial charge is 0.511 e. The van der Waals surface area contributed by atoms with Crippen LogP contribution in [-0.2, 0) is 5.41 Å². The van der Waals surface area contributed by atoms with Crippen LogP contribution in [-0.4, -0.2) is 16.4 Å². The van der Waals surface area contributed by atoms with Gasteiger partial charge in [-0.2, -0.15) is 0 Å². The lowest BCUT2D eigenvalue weighted by molar-refractivity contribution is 0.143. The summed E-state index contributed by atoms with van der Waals surface area (Å²) < 4.78 is 4.63. The van der Waals surface area contributed by atoms with Crippen molar-refractivity contribution in [3.05, 3.63) is 23.8 Å². The van der Waals surface area contributed by atoms with E-state index >= 15 is 0 Å². The summed E-state index contributed by atoms with van der Waals surface area (Å²) in [5, 5.41) is 17.9. The lowest BCUT2D eigenvalue weighted by Gasteiger charge is -2.21. The summed E-state index contributed by atoms with van der Waals surface area (Å²) in [6.07, 6.45) is -1.36. The zero-order chi connectivity index (χ0) is 11.6. The molecule has 1 aromatic carbocycles. The van der Waals surface area contributed by atoms with Gasteiger partial charge >= 0.3 is 6.16 Å². The molecule has 1 rings (SSSR count). The summed E-state index contributed by atoms with van der Waals surface area (Å²) in [7, 11) is 0. The molecule has 4 nitrogen and oxygen atoms in total. The SMILES string of the molecule is CC(C)(C)c1cc(O)ccc1OC(=O)O. The predicted molar refractivity (Wildman–Crippen MR) is 55.5 cm³/mol. The average Bonchev–Trinajstić information content (AvgIpc) is 2.05. The van der Waals surface area contributed by atoms with Crippen molar-refractivity contribution in [2.24, 2.45) is 0 Å². The van der Waals surface area contributed by atoms with Crippen LogP contribution in [0.4, 0.5) is 4.79 Å². The van der Waals surface area contributed by atoms with Gasteiger partial charge in [0.1, 0.15) is 11.5 Å². The van der Waals surface area contributed by atoms with Gasteiger partial charge in [-0.3, -0.25) is 0 Å². The van der Waals surface area contributed by atoms with E-state index < -0.39 is 6.16 Å². The summed E-state index contributed by atoms with van der Waals surface area (Å²) in [6, 6.07) is 4.36. The molecule has 2 N–H and O–H groups in total. The number of ether oxygens (including phenoxy) is 1. The van der Waals surface area contributed by atoms with E-state index in [-0.39, 0.29) is 16.9 Å². The Kier molecular flexibility index (Phi) is 2.88. The van der Waals surface area contributed by atoms with Gasteiger partial charge in [-0.05, 0) is 23.6 Å². The Balaban J connectivity index is 3.20. The topological polar surface area (TPSA) is 66.8 Å². The maximum atomic E-state index is 10.4. The number of aromatic hydroxyl groups is 1. The third kappa shape index (κ3) is 2.87. The second kappa shape index (κ2) is 3.81.